The van der Waals surface area contributed by atoms with Gasteiger partial charge in [-0.05, 0) is 67.8 Å². The second-order valence-electron chi connectivity index (χ2n) is 17.0. The van der Waals surface area contributed by atoms with Crippen LogP contribution in [0.3, 0.4) is 0 Å². The van der Waals surface area contributed by atoms with Gasteiger partial charge in [0.25, 0.3) is 11.8 Å². The van der Waals surface area contributed by atoms with Crippen LogP contribution >= 0.6 is 58.2 Å². The molecular weight excluding hydrogens is 920 g/mol. The molecule has 0 bridgehead atoms. The normalized spacial score (nSPS) is 15.6. The lowest BCUT2D eigenvalue weighted by atomic mass is 10.1. The largest absolute Gasteiger partial charge is 0.416 e. The number of unbranched alkanes of at least 4 members (excludes halogenated alkanes) is 18. The number of anilines is 2. The highest BCUT2D eigenvalue weighted by Crippen LogP contribution is 2.47. The molecule has 2 unspecified atom stereocenters. The molecule has 3 aromatic carbocycles. The van der Waals surface area contributed by atoms with Crippen LogP contribution in [0.1, 0.15) is 183 Å². The zero-order chi connectivity index (χ0) is 46.9. The first-order chi connectivity index (χ1) is 31.5. The molecule has 0 saturated heterocycles. The summed E-state index contributed by atoms with van der Waals surface area (Å²) >= 11 is 28.3. The van der Waals surface area contributed by atoms with Gasteiger partial charge in [-0.2, -0.15) is 5.10 Å². The maximum absolute atomic E-state index is 13.7. The molecule has 3 aromatic rings. The predicted octanol–water partition coefficient (Wildman–Crippen LogP) is 15.7. The van der Waals surface area contributed by atoms with Crippen LogP contribution in [0.5, 0.6) is 0 Å². The average molecular weight is 992 g/mol. The molecule has 65 heavy (non-hydrogen) atoms. The second-order valence-corrected chi connectivity index (χ2v) is 19.8. The van der Waals surface area contributed by atoms with E-state index in [1.165, 1.54) is 125 Å². The first-order valence-corrected chi connectivity index (χ1v) is 26.5. The fourth-order valence-corrected chi connectivity index (χ4v) is 10.1. The summed E-state index contributed by atoms with van der Waals surface area (Å²) in [6.45, 7) is 7.50. The molecule has 0 radical (unpaired) electrons. The summed E-state index contributed by atoms with van der Waals surface area (Å²) in [5.41, 5.74) is 1.41. The summed E-state index contributed by atoms with van der Waals surface area (Å²) in [5, 5.41) is 15.9. The van der Waals surface area contributed by atoms with E-state index >= 15 is 0 Å². The monoisotopic (exact) mass is 989 g/mol. The maximum atomic E-state index is 13.7. The number of amides is 2. The Balaban J connectivity index is 1.52. The van der Waals surface area contributed by atoms with Crippen LogP contribution in [0.4, 0.5) is 11.4 Å². The molecule has 0 spiro atoms. The highest BCUT2D eigenvalue weighted by atomic mass is 35.5. The number of rotatable bonds is 32. The summed E-state index contributed by atoms with van der Waals surface area (Å²) in [5.74, 6) is -2.78. The first kappa shape index (κ1) is 54.5. The van der Waals surface area contributed by atoms with Crippen molar-refractivity contribution >= 4 is 93.5 Å². The van der Waals surface area contributed by atoms with Crippen LogP contribution in [0, 0.1) is 0 Å². The Morgan fingerprint density at radius 3 is 1.66 bits per heavy atom. The van der Waals surface area contributed by atoms with Gasteiger partial charge in [0.2, 0.25) is 0 Å². The number of hydrogen-bond donors (Lipinski definition) is 3. The second kappa shape index (κ2) is 30.3. The molecular formula is C51H71Cl4N5O4S. The van der Waals surface area contributed by atoms with Gasteiger partial charge in [0.15, 0.2) is 0 Å². The number of esters is 1. The summed E-state index contributed by atoms with van der Waals surface area (Å²) in [4.78, 5) is 41.4. The zero-order valence-electron chi connectivity index (χ0n) is 38.8. The fourth-order valence-electron chi connectivity index (χ4n) is 7.83. The minimum atomic E-state index is -1.83. The summed E-state index contributed by atoms with van der Waals surface area (Å²) in [6, 6.07) is 15.3. The molecule has 2 amide bonds. The summed E-state index contributed by atoms with van der Waals surface area (Å²) in [7, 11) is 0. The van der Waals surface area contributed by atoms with E-state index in [-0.39, 0.29) is 39.0 Å². The van der Waals surface area contributed by atoms with Gasteiger partial charge in [0, 0.05) is 46.8 Å². The molecule has 4 rings (SSSR count). The van der Waals surface area contributed by atoms with Crippen molar-refractivity contribution in [3.05, 3.63) is 85.8 Å². The van der Waals surface area contributed by atoms with E-state index in [4.69, 9.17) is 56.2 Å². The van der Waals surface area contributed by atoms with Crippen molar-refractivity contribution < 1.29 is 19.1 Å². The third kappa shape index (κ3) is 18.1. The number of carbonyl (C=O) groups excluding carboxylic acids is 3. The van der Waals surface area contributed by atoms with Crippen molar-refractivity contribution in [2.24, 2.45) is 5.10 Å². The predicted molar refractivity (Wildman–Crippen MR) is 276 cm³/mol. The molecule has 0 aliphatic carbocycles. The Morgan fingerprint density at radius 2 is 1.14 bits per heavy atom. The highest BCUT2D eigenvalue weighted by Gasteiger charge is 2.54. The van der Waals surface area contributed by atoms with Gasteiger partial charge in [-0.15, -0.1) is 11.8 Å². The molecule has 0 aromatic heterocycles. The van der Waals surface area contributed by atoms with Gasteiger partial charge in [-0.1, -0.05) is 189 Å². The molecule has 2 atom stereocenters. The number of ether oxygens (including phenoxy) is 1. The molecule has 14 heteroatoms. The van der Waals surface area contributed by atoms with E-state index < -0.39 is 17.1 Å². The van der Waals surface area contributed by atoms with Gasteiger partial charge >= 0.3 is 11.8 Å². The number of hydrazone groups is 1. The Kier molecular flexibility index (Phi) is 25.4. The van der Waals surface area contributed by atoms with E-state index in [9.17, 15) is 14.4 Å². The van der Waals surface area contributed by atoms with Crippen molar-refractivity contribution in [1.29, 1.82) is 0 Å². The Bertz CT molecular complexity index is 1950. The smallest absolute Gasteiger partial charge is 0.309 e. The summed E-state index contributed by atoms with van der Waals surface area (Å²) < 4.78 is 6.48. The van der Waals surface area contributed by atoms with Crippen LogP contribution in [-0.4, -0.2) is 48.2 Å². The van der Waals surface area contributed by atoms with Gasteiger partial charge in [-0.3, -0.25) is 14.4 Å². The first-order valence-electron chi connectivity index (χ1n) is 24.1. The minimum Gasteiger partial charge on any atom is -0.416 e. The van der Waals surface area contributed by atoms with Gasteiger partial charge in [-0.25, -0.2) is 5.01 Å². The standard InChI is InChI=1S/C51H71Cl4N5O4S/c1-4-7-9-11-13-15-17-19-21-23-31-56-49(62)38-27-25-28-41(33-38)65-46-37-58-60(48-43(54)35-40(52)36-44(48)55)51(46,64-47(61)26-6-3)59-45-34-39(29-30-42(45)53)50(63)57-32-24-22-20-18-16-14-12-10-8-5-2/h25,27-30,33-37,46,59H,4-24,26,31-32H2,1-3H3,(H,56,62)(H,57,63). The molecule has 9 nitrogen and oxygen atoms in total. The Labute approximate surface area is 413 Å². The molecule has 1 aliphatic heterocycles. The van der Waals surface area contributed by atoms with Crippen molar-refractivity contribution in [2.75, 3.05) is 23.4 Å². The van der Waals surface area contributed by atoms with Crippen molar-refractivity contribution in [1.82, 2.24) is 10.6 Å². The SMILES string of the molecule is CCCCCCCCCCCCNC(=O)c1cccc(SC2C=NN(c3c(Cl)cc(Cl)cc3Cl)C2(Nc2cc(C(=O)NCCCCCCCCCCCC)ccc2Cl)OC(=O)CCC)c1. The molecule has 0 fully saturated rings. The molecule has 358 valence electrons. The Morgan fingerprint density at radius 1 is 0.631 bits per heavy atom. The average Bonchev–Trinajstić information content (AvgIpc) is 3.59. The maximum Gasteiger partial charge on any atom is 0.309 e. The van der Waals surface area contributed by atoms with E-state index in [1.54, 1.807) is 30.5 Å². The molecule has 1 aliphatic rings. The van der Waals surface area contributed by atoms with E-state index in [0.717, 1.165) is 32.1 Å². The number of nitrogens with one attached hydrogen (secondary N) is 3. The van der Waals surface area contributed by atoms with E-state index in [0.29, 0.717) is 46.2 Å². The Hall–Kier alpha value is -3.15. The number of nitrogens with zero attached hydrogens (tertiary/aromatic N) is 2. The van der Waals surface area contributed by atoms with Crippen LogP contribution < -0.4 is 21.0 Å². The zero-order valence-corrected chi connectivity index (χ0v) is 42.6. The van der Waals surface area contributed by atoms with Crippen LogP contribution in [0.2, 0.25) is 20.1 Å². The van der Waals surface area contributed by atoms with Gasteiger partial charge < -0.3 is 20.7 Å². The lowest BCUT2D eigenvalue weighted by molar-refractivity contribution is -0.155. The van der Waals surface area contributed by atoms with Crippen LogP contribution in [0.25, 0.3) is 0 Å². The minimum absolute atomic E-state index is 0.0978. The van der Waals surface area contributed by atoms with Crippen molar-refractivity contribution in [3.8, 4) is 0 Å². The van der Waals surface area contributed by atoms with Crippen LogP contribution in [-0.2, 0) is 9.53 Å². The summed E-state index contributed by atoms with van der Waals surface area (Å²) in [6.07, 6.45) is 26.5. The van der Waals surface area contributed by atoms with Gasteiger partial charge in [0.1, 0.15) is 10.9 Å². The fraction of sp³-hybridized carbons (Fsp3) is 0.569. The number of carbonyl (C=O) groups is 3. The topological polar surface area (TPSA) is 112 Å². The van der Waals surface area contributed by atoms with Crippen molar-refractivity contribution in [3.63, 3.8) is 0 Å². The van der Waals surface area contributed by atoms with Gasteiger partial charge in [0.05, 0.1) is 20.8 Å². The molecule has 0 saturated carbocycles. The molecule has 1 heterocycles. The highest BCUT2D eigenvalue weighted by molar-refractivity contribution is 8.00. The number of benzene rings is 3. The van der Waals surface area contributed by atoms with Crippen molar-refractivity contribution in [2.45, 2.75) is 178 Å². The van der Waals surface area contributed by atoms with E-state index in [2.05, 4.69) is 29.8 Å². The lowest BCUT2D eigenvalue weighted by Crippen LogP contribution is -2.59. The third-order valence-corrected chi connectivity index (χ3v) is 13.8. The lowest BCUT2D eigenvalue weighted by Gasteiger charge is -2.41. The quantitative estimate of drug-likeness (QED) is 0.0324. The number of thioether (sulfide) groups is 1. The number of halogens is 4. The third-order valence-electron chi connectivity index (χ3n) is 11.5. The van der Waals surface area contributed by atoms with E-state index in [1.807, 2.05) is 25.1 Å². The number of hydrogen-bond acceptors (Lipinski definition) is 8. The van der Waals surface area contributed by atoms with Crippen LogP contribution in [0.15, 0.2) is 64.6 Å². The molecule has 3 N–H and O–H groups in total.